The van der Waals surface area contributed by atoms with Gasteiger partial charge in [0, 0.05) is 17.4 Å². The number of esters is 1. The number of phenolic OH excluding ortho intramolecular Hbond substituents is 1. The summed E-state index contributed by atoms with van der Waals surface area (Å²) in [6.07, 6.45) is 6.32. The van der Waals surface area contributed by atoms with Gasteiger partial charge in [-0.05, 0) is 49.3 Å². The molecule has 0 spiro atoms. The van der Waals surface area contributed by atoms with Crippen LogP contribution in [0.4, 0.5) is 0 Å². The zero-order valence-electron chi connectivity index (χ0n) is 16.1. The van der Waals surface area contributed by atoms with Crippen LogP contribution in [-0.4, -0.2) is 17.0 Å². The molecule has 3 N–H and O–H groups in total. The van der Waals surface area contributed by atoms with Gasteiger partial charge in [0.1, 0.15) is 11.5 Å². The van der Waals surface area contributed by atoms with Gasteiger partial charge in [0.05, 0.1) is 0 Å². The number of amides is 1. The minimum absolute atomic E-state index is 0.193. The lowest BCUT2D eigenvalue weighted by atomic mass is 9.70. The lowest BCUT2D eigenvalue weighted by Gasteiger charge is -2.34. The van der Waals surface area contributed by atoms with Crippen LogP contribution in [0, 0.1) is 5.41 Å². The van der Waals surface area contributed by atoms with E-state index in [1.54, 1.807) is 18.2 Å². The number of hydrogen-bond donors (Lipinski definition) is 2. The van der Waals surface area contributed by atoms with Crippen molar-refractivity contribution >= 4 is 11.9 Å². The van der Waals surface area contributed by atoms with E-state index in [9.17, 15) is 14.7 Å². The topological polar surface area (TPSA) is 89.6 Å². The minimum Gasteiger partial charge on any atom is -0.508 e. The number of carbonyl (C=O) groups excluding carboxylic acids is 2. The van der Waals surface area contributed by atoms with Crippen LogP contribution in [0.15, 0.2) is 18.2 Å². The third-order valence-corrected chi connectivity index (χ3v) is 5.38. The van der Waals surface area contributed by atoms with E-state index in [0.717, 1.165) is 37.7 Å². The molecule has 0 atom stereocenters. The minimum atomic E-state index is -0.448. The third kappa shape index (κ3) is 4.99. The van der Waals surface area contributed by atoms with Gasteiger partial charge in [0.25, 0.3) is 0 Å². The molecule has 144 valence electrons. The summed E-state index contributed by atoms with van der Waals surface area (Å²) in [5.41, 5.74) is 5.67. The van der Waals surface area contributed by atoms with E-state index < -0.39 is 5.41 Å². The van der Waals surface area contributed by atoms with Crippen LogP contribution in [0.5, 0.6) is 11.5 Å². The van der Waals surface area contributed by atoms with Crippen molar-refractivity contribution in [3.8, 4) is 11.5 Å². The molecule has 1 saturated carbocycles. The highest BCUT2D eigenvalue weighted by Crippen LogP contribution is 2.40. The molecule has 1 amide bonds. The van der Waals surface area contributed by atoms with Crippen molar-refractivity contribution in [1.29, 1.82) is 0 Å². The van der Waals surface area contributed by atoms with Gasteiger partial charge in [0.2, 0.25) is 5.91 Å². The molecule has 1 fully saturated rings. The van der Waals surface area contributed by atoms with Gasteiger partial charge in [-0.1, -0.05) is 40.0 Å². The van der Waals surface area contributed by atoms with E-state index in [4.69, 9.17) is 10.5 Å². The van der Waals surface area contributed by atoms with Gasteiger partial charge in [-0.3, -0.25) is 9.59 Å². The number of carbonyl (C=O) groups is 2. The Morgan fingerprint density at radius 1 is 1.19 bits per heavy atom. The van der Waals surface area contributed by atoms with Crippen molar-refractivity contribution in [1.82, 2.24) is 0 Å². The molecule has 0 aliphatic heterocycles. The van der Waals surface area contributed by atoms with Crippen molar-refractivity contribution in [2.24, 2.45) is 11.1 Å². The van der Waals surface area contributed by atoms with Crippen LogP contribution >= 0.6 is 0 Å². The SMILES string of the molecule is CC(C)(C)c1cc(OC(=O)CCCC2(C(N)=O)CCCCC2)ccc1O. The Morgan fingerprint density at radius 2 is 1.85 bits per heavy atom. The number of nitrogens with two attached hydrogens (primary N) is 1. The van der Waals surface area contributed by atoms with E-state index in [1.165, 1.54) is 0 Å². The molecule has 0 unspecified atom stereocenters. The lowest BCUT2D eigenvalue weighted by Crippen LogP contribution is -2.38. The molecule has 0 bridgehead atoms. The molecule has 5 heteroatoms. The molecule has 1 aliphatic carbocycles. The molecule has 0 radical (unpaired) electrons. The number of primary amides is 1. The largest absolute Gasteiger partial charge is 0.508 e. The van der Waals surface area contributed by atoms with Gasteiger partial charge < -0.3 is 15.6 Å². The first-order chi connectivity index (χ1) is 12.1. The van der Waals surface area contributed by atoms with Crippen LogP contribution in [0.3, 0.4) is 0 Å². The van der Waals surface area contributed by atoms with Crippen LogP contribution < -0.4 is 10.5 Å². The summed E-state index contributed by atoms with van der Waals surface area (Å²) in [5, 5.41) is 9.99. The summed E-state index contributed by atoms with van der Waals surface area (Å²) >= 11 is 0. The molecule has 0 aromatic heterocycles. The van der Waals surface area contributed by atoms with E-state index in [1.807, 2.05) is 20.8 Å². The maximum atomic E-state index is 12.2. The maximum absolute atomic E-state index is 12.2. The maximum Gasteiger partial charge on any atom is 0.311 e. The van der Waals surface area contributed by atoms with Crippen LogP contribution in [0.1, 0.15) is 77.7 Å². The Hall–Kier alpha value is -2.04. The fraction of sp³-hybridized carbons (Fsp3) is 0.619. The molecule has 2 rings (SSSR count). The Balaban J connectivity index is 1.92. The van der Waals surface area contributed by atoms with E-state index >= 15 is 0 Å². The van der Waals surface area contributed by atoms with Gasteiger partial charge in [0.15, 0.2) is 0 Å². The smallest absolute Gasteiger partial charge is 0.311 e. The Kier molecular flexibility index (Phi) is 6.32. The summed E-state index contributed by atoms with van der Waals surface area (Å²) in [4.78, 5) is 24.1. The average molecular weight is 361 g/mol. The number of aromatic hydroxyl groups is 1. The van der Waals surface area contributed by atoms with Gasteiger partial charge in [-0.15, -0.1) is 0 Å². The normalized spacial score (nSPS) is 16.9. The fourth-order valence-corrected chi connectivity index (χ4v) is 3.78. The van der Waals surface area contributed by atoms with Crippen molar-refractivity contribution < 1.29 is 19.4 Å². The quantitative estimate of drug-likeness (QED) is 0.587. The van der Waals surface area contributed by atoms with Crippen molar-refractivity contribution in [2.75, 3.05) is 0 Å². The fourth-order valence-electron chi connectivity index (χ4n) is 3.78. The summed E-state index contributed by atoms with van der Waals surface area (Å²) < 4.78 is 5.42. The molecule has 0 saturated heterocycles. The van der Waals surface area contributed by atoms with Gasteiger partial charge in [-0.25, -0.2) is 0 Å². The summed E-state index contributed by atoms with van der Waals surface area (Å²) in [6.45, 7) is 5.96. The monoisotopic (exact) mass is 361 g/mol. The number of ether oxygens (including phenoxy) is 1. The van der Waals surface area contributed by atoms with E-state index in [-0.39, 0.29) is 29.5 Å². The highest BCUT2D eigenvalue weighted by molar-refractivity contribution is 5.81. The first-order valence-corrected chi connectivity index (χ1v) is 9.48. The summed E-state index contributed by atoms with van der Waals surface area (Å²) in [6, 6.07) is 4.85. The first-order valence-electron chi connectivity index (χ1n) is 9.48. The summed E-state index contributed by atoms with van der Waals surface area (Å²) in [5.74, 6) is 0.0582. The standard InChI is InChI=1S/C21H31NO4/c1-20(2,3)16-14-15(9-10-17(16)23)26-18(24)8-7-13-21(19(22)25)11-5-4-6-12-21/h9-10,14,23H,4-8,11-13H2,1-3H3,(H2,22,25). The van der Waals surface area contributed by atoms with E-state index in [2.05, 4.69) is 0 Å². The van der Waals surface area contributed by atoms with Crippen molar-refractivity contribution in [3.63, 3.8) is 0 Å². The number of rotatable bonds is 6. The first kappa shape index (κ1) is 20.3. The average Bonchev–Trinajstić information content (AvgIpc) is 2.56. The zero-order chi connectivity index (χ0) is 19.4. The number of phenols is 1. The molecule has 1 aromatic carbocycles. The van der Waals surface area contributed by atoms with Crippen LogP contribution in [-0.2, 0) is 15.0 Å². The predicted octanol–water partition coefficient (Wildman–Crippen LogP) is 4.20. The second kappa shape index (κ2) is 8.11. The molecule has 1 aliphatic rings. The van der Waals surface area contributed by atoms with Gasteiger partial charge >= 0.3 is 5.97 Å². The second-order valence-electron chi connectivity index (χ2n) is 8.46. The van der Waals surface area contributed by atoms with Crippen LogP contribution in [0.2, 0.25) is 0 Å². The second-order valence-corrected chi connectivity index (χ2v) is 8.46. The Morgan fingerprint density at radius 3 is 2.42 bits per heavy atom. The molecular weight excluding hydrogens is 330 g/mol. The van der Waals surface area contributed by atoms with Crippen molar-refractivity contribution in [3.05, 3.63) is 23.8 Å². The molecule has 26 heavy (non-hydrogen) atoms. The Bertz CT molecular complexity index is 654. The number of hydrogen-bond acceptors (Lipinski definition) is 4. The lowest BCUT2D eigenvalue weighted by molar-refractivity contribution is -0.136. The molecule has 5 nitrogen and oxygen atoms in total. The van der Waals surface area contributed by atoms with Crippen LogP contribution in [0.25, 0.3) is 0 Å². The van der Waals surface area contributed by atoms with Gasteiger partial charge in [-0.2, -0.15) is 0 Å². The predicted molar refractivity (Wildman–Crippen MR) is 101 cm³/mol. The number of benzene rings is 1. The third-order valence-electron chi connectivity index (χ3n) is 5.38. The Labute approximate surface area is 155 Å². The van der Waals surface area contributed by atoms with E-state index in [0.29, 0.717) is 18.6 Å². The highest BCUT2D eigenvalue weighted by atomic mass is 16.5. The zero-order valence-corrected chi connectivity index (χ0v) is 16.1. The molecule has 1 aromatic rings. The van der Waals surface area contributed by atoms with Crippen molar-refractivity contribution in [2.45, 2.75) is 77.6 Å². The molecule has 0 heterocycles. The summed E-state index contributed by atoms with van der Waals surface area (Å²) in [7, 11) is 0. The highest BCUT2D eigenvalue weighted by Gasteiger charge is 2.37. The molecular formula is C21H31NO4.